The highest BCUT2D eigenvalue weighted by atomic mass is 32.1. The lowest BCUT2D eigenvalue weighted by atomic mass is 10.1. The fourth-order valence-electron chi connectivity index (χ4n) is 2.47. The molecule has 1 aromatic heterocycles. The van der Waals surface area contributed by atoms with E-state index in [2.05, 4.69) is 79.5 Å². The van der Waals surface area contributed by atoms with E-state index in [4.69, 9.17) is 4.74 Å². The number of aliphatic imine (C=N–C) groups is 1. The van der Waals surface area contributed by atoms with Gasteiger partial charge in [-0.05, 0) is 45.7 Å². The lowest BCUT2D eigenvalue weighted by molar-refractivity contribution is -0.0149. The Hall–Kier alpha value is -1.92. The topological polar surface area (TPSA) is 58.5 Å². The van der Waals surface area contributed by atoms with Crippen LogP contribution in [0.3, 0.4) is 0 Å². The van der Waals surface area contributed by atoms with E-state index in [1.165, 1.54) is 21.0 Å². The number of benzene rings is 1. The Labute approximate surface area is 167 Å². The van der Waals surface area contributed by atoms with E-state index in [1.807, 2.05) is 0 Å². The van der Waals surface area contributed by atoms with Crippen molar-refractivity contribution in [2.75, 3.05) is 13.6 Å². The van der Waals surface area contributed by atoms with Crippen molar-refractivity contribution in [1.82, 2.24) is 15.6 Å². The Bertz CT molecular complexity index is 742. The number of nitrogens with one attached hydrogen (secondary N) is 2. The molecule has 27 heavy (non-hydrogen) atoms. The number of thiazole rings is 1. The molecular formula is C21H32N4OS. The molecule has 1 heterocycles. The van der Waals surface area contributed by atoms with Gasteiger partial charge in [-0.2, -0.15) is 0 Å². The zero-order valence-corrected chi connectivity index (χ0v) is 18.2. The number of aryl methyl sites for hydroxylation is 2. The van der Waals surface area contributed by atoms with Crippen LogP contribution in [0, 0.1) is 13.8 Å². The fraction of sp³-hybridized carbons (Fsp3) is 0.524. The van der Waals surface area contributed by atoms with Crippen molar-refractivity contribution in [1.29, 1.82) is 0 Å². The molecule has 0 unspecified atom stereocenters. The van der Waals surface area contributed by atoms with E-state index in [9.17, 15) is 0 Å². The molecule has 0 saturated heterocycles. The second kappa shape index (κ2) is 9.85. The zero-order valence-electron chi connectivity index (χ0n) is 17.3. The molecule has 0 aliphatic carbocycles. The number of guanidine groups is 1. The lowest BCUT2D eigenvalue weighted by Gasteiger charge is -2.19. The predicted octanol–water partition coefficient (Wildman–Crippen LogP) is 3.98. The number of nitrogens with zero attached hydrogens (tertiary/aromatic N) is 2. The van der Waals surface area contributed by atoms with Crippen LogP contribution in [0.15, 0.2) is 29.3 Å². The fourth-order valence-corrected chi connectivity index (χ4v) is 3.40. The molecule has 5 nitrogen and oxygen atoms in total. The highest BCUT2D eigenvalue weighted by Gasteiger charge is 2.10. The largest absolute Gasteiger partial charge is 0.371 e. The first kappa shape index (κ1) is 21.4. The molecule has 1 aromatic carbocycles. The number of ether oxygens (including phenoxy) is 1. The van der Waals surface area contributed by atoms with Crippen molar-refractivity contribution >= 4 is 17.3 Å². The monoisotopic (exact) mass is 388 g/mol. The van der Waals surface area contributed by atoms with Crippen molar-refractivity contribution in [3.8, 4) is 0 Å². The van der Waals surface area contributed by atoms with Crippen LogP contribution in [-0.4, -0.2) is 30.1 Å². The predicted molar refractivity (Wildman–Crippen MR) is 114 cm³/mol. The third kappa shape index (κ3) is 7.69. The maximum Gasteiger partial charge on any atom is 0.191 e. The smallest absolute Gasteiger partial charge is 0.191 e. The molecule has 0 saturated carbocycles. The lowest BCUT2D eigenvalue weighted by Crippen LogP contribution is -2.37. The quantitative estimate of drug-likeness (QED) is 0.556. The minimum atomic E-state index is -0.130. The van der Waals surface area contributed by atoms with Crippen LogP contribution < -0.4 is 10.6 Å². The third-order valence-corrected chi connectivity index (χ3v) is 5.18. The molecule has 0 radical (unpaired) electrons. The molecule has 2 N–H and O–H groups in total. The van der Waals surface area contributed by atoms with Crippen molar-refractivity contribution in [3.63, 3.8) is 0 Å². The Morgan fingerprint density at radius 3 is 2.56 bits per heavy atom. The first-order valence-corrected chi connectivity index (χ1v) is 10.2. The molecule has 0 aliphatic heterocycles. The van der Waals surface area contributed by atoms with Gasteiger partial charge < -0.3 is 15.4 Å². The SMILES string of the molecule is CN=C(NCCc1nc(C)c(C)s1)NCc1cccc(COC(C)(C)C)c1. The molecule has 2 rings (SSSR count). The molecule has 6 heteroatoms. The van der Waals surface area contributed by atoms with Gasteiger partial charge in [-0.3, -0.25) is 4.99 Å². The molecule has 0 atom stereocenters. The average molecular weight is 389 g/mol. The second-order valence-corrected chi connectivity index (χ2v) is 8.86. The first-order valence-electron chi connectivity index (χ1n) is 9.36. The van der Waals surface area contributed by atoms with Crippen LogP contribution in [0.2, 0.25) is 0 Å². The molecule has 0 spiro atoms. The summed E-state index contributed by atoms with van der Waals surface area (Å²) < 4.78 is 5.86. The molecule has 0 amide bonds. The highest BCUT2D eigenvalue weighted by molar-refractivity contribution is 7.11. The summed E-state index contributed by atoms with van der Waals surface area (Å²) in [6.07, 6.45) is 0.902. The standard InChI is InChI=1S/C21H32N4OS/c1-15-16(2)27-19(25-15)10-11-23-20(22-6)24-13-17-8-7-9-18(12-17)14-26-21(3,4)5/h7-9,12H,10-11,13-14H2,1-6H3,(H2,22,23,24). The molecule has 0 fully saturated rings. The molecule has 0 aliphatic rings. The van der Waals surface area contributed by atoms with E-state index in [1.54, 1.807) is 18.4 Å². The summed E-state index contributed by atoms with van der Waals surface area (Å²) in [7, 11) is 1.79. The summed E-state index contributed by atoms with van der Waals surface area (Å²) in [5.74, 6) is 0.802. The Kier molecular flexibility index (Phi) is 7.80. The van der Waals surface area contributed by atoms with Gasteiger partial charge >= 0.3 is 0 Å². The van der Waals surface area contributed by atoms with Gasteiger partial charge in [0.15, 0.2) is 5.96 Å². The summed E-state index contributed by atoms with van der Waals surface area (Å²) in [6, 6.07) is 8.46. The van der Waals surface area contributed by atoms with Crippen LogP contribution in [0.25, 0.3) is 0 Å². The maximum atomic E-state index is 5.86. The van der Waals surface area contributed by atoms with Gasteiger partial charge in [-0.1, -0.05) is 24.3 Å². The third-order valence-electron chi connectivity index (χ3n) is 4.05. The summed E-state index contributed by atoms with van der Waals surface area (Å²) in [5, 5.41) is 7.89. The molecular weight excluding hydrogens is 356 g/mol. The van der Waals surface area contributed by atoms with Gasteiger partial charge in [0.05, 0.1) is 22.9 Å². The highest BCUT2D eigenvalue weighted by Crippen LogP contribution is 2.16. The van der Waals surface area contributed by atoms with Crippen LogP contribution in [0.4, 0.5) is 0 Å². The maximum absolute atomic E-state index is 5.86. The second-order valence-electron chi connectivity index (χ2n) is 7.57. The zero-order chi connectivity index (χ0) is 19.9. The molecule has 2 aromatic rings. The summed E-state index contributed by atoms with van der Waals surface area (Å²) >= 11 is 1.77. The van der Waals surface area contributed by atoms with Crippen molar-refractivity contribution < 1.29 is 4.74 Å². The summed E-state index contributed by atoms with van der Waals surface area (Å²) in [4.78, 5) is 10.2. The Balaban J connectivity index is 1.79. The number of hydrogen-bond donors (Lipinski definition) is 2. The van der Waals surface area contributed by atoms with Gasteiger partial charge in [0.25, 0.3) is 0 Å². The van der Waals surface area contributed by atoms with Gasteiger partial charge in [-0.15, -0.1) is 11.3 Å². The van der Waals surface area contributed by atoms with E-state index in [0.29, 0.717) is 6.61 Å². The van der Waals surface area contributed by atoms with E-state index >= 15 is 0 Å². The van der Waals surface area contributed by atoms with Crippen LogP contribution >= 0.6 is 11.3 Å². The Morgan fingerprint density at radius 1 is 1.19 bits per heavy atom. The van der Waals surface area contributed by atoms with E-state index < -0.39 is 0 Å². The minimum absolute atomic E-state index is 0.130. The van der Waals surface area contributed by atoms with E-state index in [0.717, 1.165) is 31.2 Å². The minimum Gasteiger partial charge on any atom is -0.371 e. The van der Waals surface area contributed by atoms with Gasteiger partial charge in [0.2, 0.25) is 0 Å². The number of rotatable bonds is 7. The summed E-state index contributed by atoms with van der Waals surface area (Å²) in [6.45, 7) is 12.5. The van der Waals surface area contributed by atoms with E-state index in [-0.39, 0.29) is 5.60 Å². The first-order chi connectivity index (χ1) is 12.8. The van der Waals surface area contributed by atoms with Gasteiger partial charge in [0.1, 0.15) is 0 Å². The van der Waals surface area contributed by atoms with Crippen LogP contribution in [0.1, 0.15) is 47.5 Å². The van der Waals surface area contributed by atoms with Crippen LogP contribution in [0.5, 0.6) is 0 Å². The molecule has 0 bridgehead atoms. The normalized spacial score (nSPS) is 12.3. The number of hydrogen-bond acceptors (Lipinski definition) is 4. The van der Waals surface area contributed by atoms with Crippen LogP contribution in [-0.2, 0) is 24.3 Å². The van der Waals surface area contributed by atoms with Crippen molar-refractivity contribution in [2.24, 2.45) is 4.99 Å². The van der Waals surface area contributed by atoms with Gasteiger partial charge in [-0.25, -0.2) is 4.98 Å². The molecule has 148 valence electrons. The van der Waals surface area contributed by atoms with Crippen molar-refractivity contribution in [3.05, 3.63) is 51.0 Å². The number of aromatic nitrogens is 1. The average Bonchev–Trinajstić information content (AvgIpc) is 2.93. The van der Waals surface area contributed by atoms with Gasteiger partial charge in [0, 0.05) is 31.4 Å². The Morgan fingerprint density at radius 2 is 1.93 bits per heavy atom. The van der Waals surface area contributed by atoms with Crippen molar-refractivity contribution in [2.45, 2.75) is 59.8 Å². The summed E-state index contributed by atoms with van der Waals surface area (Å²) in [5.41, 5.74) is 3.39.